The summed E-state index contributed by atoms with van der Waals surface area (Å²) in [4.78, 5) is 4.33. The zero-order valence-electron chi connectivity index (χ0n) is 9.67. The normalized spacial score (nSPS) is 13.1. The van der Waals surface area contributed by atoms with E-state index >= 15 is 0 Å². The van der Waals surface area contributed by atoms with Crippen LogP contribution >= 0.6 is 0 Å². The molecule has 1 heterocycles. The smallest absolute Gasteiger partial charge is 0.0954 e. The Morgan fingerprint density at radius 3 is 2.57 bits per heavy atom. The topological polar surface area (TPSA) is 29.9 Å². The van der Waals surface area contributed by atoms with Gasteiger partial charge < -0.3 is 9.88 Å². The Balaban J connectivity index is 2.73. The van der Waals surface area contributed by atoms with Crippen molar-refractivity contribution in [3.8, 4) is 0 Å². The Bertz CT molecular complexity index is 278. The van der Waals surface area contributed by atoms with E-state index in [0.717, 1.165) is 25.2 Å². The van der Waals surface area contributed by atoms with Crippen LogP contribution in [0.4, 0.5) is 0 Å². The summed E-state index contributed by atoms with van der Waals surface area (Å²) in [6.45, 7) is 10.6. The lowest BCUT2D eigenvalue weighted by Crippen LogP contribution is -2.25. The van der Waals surface area contributed by atoms with Crippen molar-refractivity contribution < 1.29 is 0 Å². The molecule has 1 rings (SSSR count). The van der Waals surface area contributed by atoms with E-state index in [-0.39, 0.29) is 0 Å². The molecular formula is C11H21N3. The summed E-state index contributed by atoms with van der Waals surface area (Å²) in [5, 5.41) is 3.39. The van der Waals surface area contributed by atoms with Crippen LogP contribution in [0.5, 0.6) is 0 Å². The lowest BCUT2D eigenvalue weighted by Gasteiger charge is -2.18. The van der Waals surface area contributed by atoms with Gasteiger partial charge in [-0.05, 0) is 26.8 Å². The van der Waals surface area contributed by atoms with Gasteiger partial charge in [-0.3, -0.25) is 0 Å². The van der Waals surface area contributed by atoms with E-state index in [2.05, 4.69) is 42.6 Å². The second kappa shape index (κ2) is 5.15. The Labute approximate surface area is 86.5 Å². The molecule has 0 aliphatic carbocycles. The highest BCUT2D eigenvalue weighted by Gasteiger charge is 2.11. The highest BCUT2D eigenvalue weighted by molar-refractivity contribution is 5.09. The standard InChI is InChI=1S/C11H21N3/c1-5-11(7-12-6-2)14-8-13-9(3)10(14)4/h8,11-12H,5-7H2,1-4H3. The largest absolute Gasteiger partial charge is 0.330 e. The van der Waals surface area contributed by atoms with Gasteiger partial charge in [0.25, 0.3) is 0 Å². The maximum Gasteiger partial charge on any atom is 0.0954 e. The predicted molar refractivity (Wildman–Crippen MR) is 59.6 cm³/mol. The van der Waals surface area contributed by atoms with Crippen molar-refractivity contribution in [2.75, 3.05) is 13.1 Å². The summed E-state index contributed by atoms with van der Waals surface area (Å²) < 4.78 is 2.28. The molecule has 80 valence electrons. The second-order valence-electron chi connectivity index (χ2n) is 3.69. The van der Waals surface area contributed by atoms with Crippen LogP contribution in [0.2, 0.25) is 0 Å². The quantitative estimate of drug-likeness (QED) is 0.779. The minimum atomic E-state index is 0.538. The number of hydrogen-bond acceptors (Lipinski definition) is 2. The predicted octanol–water partition coefficient (Wildman–Crippen LogP) is 2.06. The van der Waals surface area contributed by atoms with Crippen LogP contribution in [0.25, 0.3) is 0 Å². The summed E-state index contributed by atoms with van der Waals surface area (Å²) in [6.07, 6.45) is 3.10. The van der Waals surface area contributed by atoms with E-state index in [4.69, 9.17) is 0 Å². The van der Waals surface area contributed by atoms with Gasteiger partial charge in [0.15, 0.2) is 0 Å². The van der Waals surface area contributed by atoms with Crippen molar-refractivity contribution in [2.24, 2.45) is 0 Å². The van der Waals surface area contributed by atoms with Crippen molar-refractivity contribution >= 4 is 0 Å². The molecule has 0 aromatic carbocycles. The van der Waals surface area contributed by atoms with Crippen LogP contribution in [-0.4, -0.2) is 22.6 Å². The first kappa shape index (κ1) is 11.2. The molecule has 1 N–H and O–H groups in total. The first-order chi connectivity index (χ1) is 6.70. The van der Waals surface area contributed by atoms with Crippen molar-refractivity contribution in [3.05, 3.63) is 17.7 Å². The monoisotopic (exact) mass is 195 g/mol. The number of nitrogens with one attached hydrogen (secondary N) is 1. The van der Waals surface area contributed by atoms with E-state index in [1.54, 1.807) is 0 Å². The van der Waals surface area contributed by atoms with Crippen molar-refractivity contribution in [2.45, 2.75) is 40.2 Å². The first-order valence-electron chi connectivity index (χ1n) is 5.41. The summed E-state index contributed by atoms with van der Waals surface area (Å²) in [5.74, 6) is 0. The Hall–Kier alpha value is -0.830. The van der Waals surface area contributed by atoms with E-state index in [1.807, 2.05) is 6.33 Å². The highest BCUT2D eigenvalue weighted by atomic mass is 15.1. The van der Waals surface area contributed by atoms with Gasteiger partial charge in [0.05, 0.1) is 12.0 Å². The van der Waals surface area contributed by atoms with Crippen molar-refractivity contribution in [1.29, 1.82) is 0 Å². The lowest BCUT2D eigenvalue weighted by molar-refractivity contribution is 0.446. The summed E-state index contributed by atoms with van der Waals surface area (Å²) in [6, 6.07) is 0.538. The summed E-state index contributed by atoms with van der Waals surface area (Å²) in [7, 11) is 0. The molecule has 1 atom stereocenters. The third-order valence-electron chi connectivity index (χ3n) is 2.78. The average molecular weight is 195 g/mol. The SMILES string of the molecule is CCNCC(CC)n1cnc(C)c1C. The fourth-order valence-electron chi connectivity index (χ4n) is 1.63. The molecule has 0 aliphatic rings. The van der Waals surface area contributed by atoms with Crippen LogP contribution < -0.4 is 5.32 Å². The molecule has 0 aliphatic heterocycles. The lowest BCUT2D eigenvalue weighted by atomic mass is 10.2. The number of likely N-dealkylation sites (N-methyl/N-ethyl adjacent to an activating group) is 1. The number of aromatic nitrogens is 2. The van der Waals surface area contributed by atoms with Crippen LogP contribution in [0.15, 0.2) is 6.33 Å². The van der Waals surface area contributed by atoms with E-state index in [0.29, 0.717) is 6.04 Å². The summed E-state index contributed by atoms with van der Waals surface area (Å²) in [5.41, 5.74) is 2.43. The third kappa shape index (κ3) is 2.35. The van der Waals surface area contributed by atoms with Crippen LogP contribution in [-0.2, 0) is 0 Å². The van der Waals surface area contributed by atoms with Crippen LogP contribution in [0, 0.1) is 13.8 Å². The molecule has 3 nitrogen and oxygen atoms in total. The zero-order valence-corrected chi connectivity index (χ0v) is 9.67. The number of imidazole rings is 1. The van der Waals surface area contributed by atoms with Gasteiger partial charge in [-0.2, -0.15) is 0 Å². The van der Waals surface area contributed by atoms with E-state index in [1.165, 1.54) is 5.69 Å². The molecule has 0 spiro atoms. The van der Waals surface area contributed by atoms with E-state index in [9.17, 15) is 0 Å². The Kier molecular flexibility index (Phi) is 4.14. The van der Waals surface area contributed by atoms with Gasteiger partial charge in [-0.25, -0.2) is 4.98 Å². The number of nitrogens with zero attached hydrogens (tertiary/aromatic N) is 2. The number of rotatable bonds is 5. The molecule has 0 radical (unpaired) electrons. The van der Waals surface area contributed by atoms with Gasteiger partial charge in [-0.15, -0.1) is 0 Å². The molecule has 0 saturated carbocycles. The average Bonchev–Trinajstić information content (AvgIpc) is 2.51. The second-order valence-corrected chi connectivity index (χ2v) is 3.69. The van der Waals surface area contributed by atoms with Gasteiger partial charge in [0.1, 0.15) is 0 Å². The maximum atomic E-state index is 4.33. The van der Waals surface area contributed by atoms with E-state index < -0.39 is 0 Å². The third-order valence-corrected chi connectivity index (χ3v) is 2.78. The molecule has 1 aromatic rings. The molecule has 0 amide bonds. The van der Waals surface area contributed by atoms with Gasteiger partial charge in [0, 0.05) is 18.3 Å². The fourth-order valence-corrected chi connectivity index (χ4v) is 1.63. The minimum Gasteiger partial charge on any atom is -0.330 e. The maximum absolute atomic E-state index is 4.33. The first-order valence-corrected chi connectivity index (χ1v) is 5.41. The van der Waals surface area contributed by atoms with Crippen molar-refractivity contribution in [3.63, 3.8) is 0 Å². The van der Waals surface area contributed by atoms with Crippen LogP contribution in [0.1, 0.15) is 37.7 Å². The minimum absolute atomic E-state index is 0.538. The Morgan fingerprint density at radius 1 is 1.43 bits per heavy atom. The zero-order chi connectivity index (χ0) is 10.6. The number of aryl methyl sites for hydroxylation is 1. The molecule has 0 bridgehead atoms. The molecule has 1 unspecified atom stereocenters. The van der Waals surface area contributed by atoms with Crippen LogP contribution in [0.3, 0.4) is 0 Å². The fraction of sp³-hybridized carbons (Fsp3) is 0.727. The Morgan fingerprint density at radius 2 is 2.14 bits per heavy atom. The highest BCUT2D eigenvalue weighted by Crippen LogP contribution is 2.15. The number of hydrogen-bond donors (Lipinski definition) is 1. The molecule has 3 heteroatoms. The van der Waals surface area contributed by atoms with Gasteiger partial charge in [0.2, 0.25) is 0 Å². The summed E-state index contributed by atoms with van der Waals surface area (Å²) >= 11 is 0. The van der Waals surface area contributed by atoms with Gasteiger partial charge in [-0.1, -0.05) is 13.8 Å². The van der Waals surface area contributed by atoms with Crippen molar-refractivity contribution in [1.82, 2.24) is 14.9 Å². The molecular weight excluding hydrogens is 174 g/mol. The van der Waals surface area contributed by atoms with Gasteiger partial charge >= 0.3 is 0 Å². The molecule has 0 fully saturated rings. The molecule has 1 aromatic heterocycles. The molecule has 14 heavy (non-hydrogen) atoms. The molecule has 0 saturated heterocycles.